The first kappa shape index (κ1) is 15.0. The Balaban J connectivity index is 2.33. The number of halogens is 1. The number of anilines is 1. The Hall–Kier alpha value is -1.40. The molecule has 0 spiro atoms. The van der Waals surface area contributed by atoms with Gasteiger partial charge in [-0.1, -0.05) is 40.5 Å². The molecule has 0 unspecified atom stereocenters. The summed E-state index contributed by atoms with van der Waals surface area (Å²) in [6, 6.07) is 10.2. The van der Waals surface area contributed by atoms with Gasteiger partial charge in [-0.25, -0.2) is 13.4 Å². The van der Waals surface area contributed by atoms with Crippen molar-refractivity contribution in [2.75, 3.05) is 4.72 Å². The minimum Gasteiger partial charge on any atom is -0.263 e. The smallest absolute Gasteiger partial charge is 0.263 e. The standard InChI is InChI=1S/C14H15BrN2O2S/c1-3-12-8-11(15)9-14(16-12)17-20(18,19)13-6-4-10(2)5-7-13/h4-9H,3H2,1-2H3,(H,16,17). The SMILES string of the molecule is CCc1cc(Br)cc(NS(=O)(=O)c2ccc(C)cc2)n1. The van der Waals surface area contributed by atoms with Gasteiger partial charge in [-0.3, -0.25) is 4.72 Å². The van der Waals surface area contributed by atoms with Crippen molar-refractivity contribution >= 4 is 31.8 Å². The average molecular weight is 355 g/mol. The second-order valence-corrected chi connectivity index (χ2v) is 7.03. The van der Waals surface area contributed by atoms with E-state index in [9.17, 15) is 8.42 Å². The van der Waals surface area contributed by atoms with Crippen LogP contribution in [-0.4, -0.2) is 13.4 Å². The fourth-order valence-electron chi connectivity index (χ4n) is 1.70. The van der Waals surface area contributed by atoms with Crippen molar-refractivity contribution < 1.29 is 8.42 Å². The van der Waals surface area contributed by atoms with E-state index in [2.05, 4.69) is 25.6 Å². The summed E-state index contributed by atoms with van der Waals surface area (Å²) in [4.78, 5) is 4.48. The normalized spacial score (nSPS) is 11.3. The zero-order chi connectivity index (χ0) is 14.8. The first-order chi connectivity index (χ1) is 9.40. The molecule has 2 aromatic rings. The summed E-state index contributed by atoms with van der Waals surface area (Å²) in [6.45, 7) is 3.88. The van der Waals surface area contributed by atoms with Crippen molar-refractivity contribution in [1.82, 2.24) is 4.98 Å². The Morgan fingerprint density at radius 2 is 1.85 bits per heavy atom. The van der Waals surface area contributed by atoms with Crippen molar-refractivity contribution in [3.05, 3.63) is 52.1 Å². The van der Waals surface area contributed by atoms with E-state index in [0.717, 1.165) is 22.2 Å². The highest BCUT2D eigenvalue weighted by atomic mass is 79.9. The van der Waals surface area contributed by atoms with Gasteiger partial charge in [-0.05, 0) is 37.6 Å². The third kappa shape index (κ3) is 3.58. The van der Waals surface area contributed by atoms with Gasteiger partial charge in [-0.2, -0.15) is 0 Å². The number of nitrogens with one attached hydrogen (secondary N) is 1. The van der Waals surface area contributed by atoms with Crippen LogP contribution in [0.15, 0.2) is 45.8 Å². The number of hydrogen-bond donors (Lipinski definition) is 1. The maximum Gasteiger partial charge on any atom is 0.263 e. The number of pyridine rings is 1. The fraction of sp³-hybridized carbons (Fsp3) is 0.214. The van der Waals surface area contributed by atoms with E-state index in [4.69, 9.17) is 0 Å². The Morgan fingerprint density at radius 1 is 1.20 bits per heavy atom. The van der Waals surface area contributed by atoms with Gasteiger partial charge in [0.15, 0.2) is 0 Å². The van der Waals surface area contributed by atoms with Crippen molar-refractivity contribution in [3.63, 3.8) is 0 Å². The van der Waals surface area contributed by atoms with Gasteiger partial charge in [0.1, 0.15) is 5.82 Å². The molecule has 1 aromatic heterocycles. The predicted octanol–water partition coefficient (Wildman–Crippen LogP) is 3.52. The van der Waals surface area contributed by atoms with E-state index in [0.29, 0.717) is 5.82 Å². The van der Waals surface area contributed by atoms with Crippen molar-refractivity contribution in [3.8, 4) is 0 Å². The second-order valence-electron chi connectivity index (χ2n) is 4.43. The van der Waals surface area contributed by atoms with E-state index in [1.807, 2.05) is 19.9 Å². The minimum absolute atomic E-state index is 0.225. The molecule has 0 atom stereocenters. The maximum absolute atomic E-state index is 12.3. The highest BCUT2D eigenvalue weighted by Gasteiger charge is 2.15. The molecule has 4 nitrogen and oxygen atoms in total. The number of aromatic nitrogens is 1. The van der Waals surface area contributed by atoms with Gasteiger partial charge >= 0.3 is 0 Å². The van der Waals surface area contributed by atoms with Crippen LogP contribution in [0, 0.1) is 6.92 Å². The lowest BCUT2D eigenvalue weighted by Crippen LogP contribution is -2.14. The first-order valence-corrected chi connectivity index (χ1v) is 8.44. The molecule has 0 bridgehead atoms. The van der Waals surface area contributed by atoms with Crippen molar-refractivity contribution in [2.45, 2.75) is 25.2 Å². The van der Waals surface area contributed by atoms with Crippen LogP contribution in [0.25, 0.3) is 0 Å². The molecular formula is C14H15BrN2O2S. The highest BCUT2D eigenvalue weighted by molar-refractivity contribution is 9.10. The Bertz CT molecular complexity index is 712. The van der Waals surface area contributed by atoms with Gasteiger partial charge in [0.2, 0.25) is 0 Å². The molecule has 0 saturated carbocycles. The molecule has 0 amide bonds. The summed E-state index contributed by atoms with van der Waals surface area (Å²) in [7, 11) is -3.61. The van der Waals surface area contributed by atoms with E-state index < -0.39 is 10.0 Å². The molecule has 1 aromatic carbocycles. The van der Waals surface area contributed by atoms with Gasteiger partial charge in [0.05, 0.1) is 4.90 Å². The van der Waals surface area contributed by atoms with Crippen LogP contribution < -0.4 is 4.72 Å². The zero-order valence-electron chi connectivity index (χ0n) is 11.2. The summed E-state index contributed by atoms with van der Waals surface area (Å²) >= 11 is 3.35. The number of aryl methyl sites for hydroxylation is 2. The summed E-state index contributed by atoms with van der Waals surface area (Å²) in [5, 5.41) is 0. The molecule has 0 aliphatic heterocycles. The molecule has 0 radical (unpaired) electrons. The van der Waals surface area contributed by atoms with Crippen LogP contribution in [0.5, 0.6) is 0 Å². The van der Waals surface area contributed by atoms with Gasteiger partial charge < -0.3 is 0 Å². The second kappa shape index (κ2) is 5.93. The predicted molar refractivity (Wildman–Crippen MR) is 83.3 cm³/mol. The van der Waals surface area contributed by atoms with E-state index in [-0.39, 0.29) is 4.90 Å². The molecule has 2 rings (SSSR count). The lowest BCUT2D eigenvalue weighted by Gasteiger charge is -2.09. The van der Waals surface area contributed by atoms with Crippen LogP contribution in [-0.2, 0) is 16.4 Å². The van der Waals surface area contributed by atoms with Crippen LogP contribution in [0.2, 0.25) is 0 Å². The molecule has 106 valence electrons. The highest BCUT2D eigenvalue weighted by Crippen LogP contribution is 2.20. The average Bonchev–Trinajstić information content (AvgIpc) is 2.37. The Labute approximate surface area is 127 Å². The molecule has 20 heavy (non-hydrogen) atoms. The monoisotopic (exact) mass is 354 g/mol. The quantitative estimate of drug-likeness (QED) is 0.913. The largest absolute Gasteiger partial charge is 0.263 e. The summed E-state index contributed by atoms with van der Waals surface area (Å²) < 4.78 is 27.8. The van der Waals surface area contributed by atoms with Gasteiger partial charge in [-0.15, -0.1) is 0 Å². The van der Waals surface area contributed by atoms with Crippen molar-refractivity contribution in [2.24, 2.45) is 0 Å². The fourth-order valence-corrected chi connectivity index (χ4v) is 3.17. The Kier molecular flexibility index (Phi) is 4.45. The lowest BCUT2D eigenvalue weighted by molar-refractivity contribution is 0.601. The van der Waals surface area contributed by atoms with Crippen LogP contribution in [0.3, 0.4) is 0 Å². The van der Waals surface area contributed by atoms with Crippen LogP contribution in [0.4, 0.5) is 5.82 Å². The number of hydrogen-bond acceptors (Lipinski definition) is 3. The molecule has 0 aliphatic rings. The van der Waals surface area contributed by atoms with E-state index >= 15 is 0 Å². The third-order valence-corrected chi connectivity index (χ3v) is 4.60. The lowest BCUT2D eigenvalue weighted by atomic mass is 10.2. The summed E-state index contributed by atoms with van der Waals surface area (Å²) in [5.41, 5.74) is 1.83. The zero-order valence-corrected chi connectivity index (χ0v) is 13.6. The van der Waals surface area contributed by atoms with Crippen LogP contribution >= 0.6 is 15.9 Å². The number of nitrogens with zero attached hydrogens (tertiary/aromatic N) is 1. The number of sulfonamides is 1. The molecule has 0 aliphatic carbocycles. The summed E-state index contributed by atoms with van der Waals surface area (Å²) in [5.74, 6) is 0.316. The topological polar surface area (TPSA) is 59.1 Å². The first-order valence-electron chi connectivity index (χ1n) is 6.16. The maximum atomic E-state index is 12.3. The summed E-state index contributed by atoms with van der Waals surface area (Å²) in [6.07, 6.45) is 0.735. The molecular weight excluding hydrogens is 340 g/mol. The van der Waals surface area contributed by atoms with E-state index in [1.165, 1.54) is 0 Å². The number of benzene rings is 1. The molecule has 0 fully saturated rings. The molecule has 6 heteroatoms. The molecule has 0 saturated heterocycles. The molecule has 1 N–H and O–H groups in total. The minimum atomic E-state index is -3.61. The Morgan fingerprint density at radius 3 is 2.45 bits per heavy atom. The van der Waals surface area contributed by atoms with Gasteiger partial charge in [0.25, 0.3) is 10.0 Å². The van der Waals surface area contributed by atoms with Gasteiger partial charge in [0, 0.05) is 10.2 Å². The third-order valence-electron chi connectivity index (χ3n) is 2.78. The van der Waals surface area contributed by atoms with Crippen LogP contribution in [0.1, 0.15) is 18.2 Å². The number of rotatable bonds is 4. The molecule has 1 heterocycles. The van der Waals surface area contributed by atoms with E-state index in [1.54, 1.807) is 30.3 Å². The van der Waals surface area contributed by atoms with Crippen molar-refractivity contribution in [1.29, 1.82) is 0 Å².